The maximum atomic E-state index is 16.6. The minimum atomic E-state index is -4.08. The minimum Gasteiger partial charge on any atom is -0.483 e. The van der Waals surface area contributed by atoms with E-state index in [0.717, 1.165) is 9.80 Å². The van der Waals surface area contributed by atoms with E-state index in [-0.39, 0.29) is 35.2 Å². The number of para-hydroxylation sites is 1. The number of amides is 4. The Morgan fingerprint density at radius 2 is 1.85 bits per heavy atom. The van der Waals surface area contributed by atoms with Crippen molar-refractivity contribution in [2.24, 2.45) is 5.92 Å². The van der Waals surface area contributed by atoms with Gasteiger partial charge < -0.3 is 20.1 Å². The van der Waals surface area contributed by atoms with Crippen LogP contribution in [-0.4, -0.2) is 92.7 Å². The number of sulfonamides is 1. The van der Waals surface area contributed by atoms with Crippen LogP contribution in [0.4, 0.5) is 13.6 Å². The molecule has 5 atom stereocenters. The van der Waals surface area contributed by atoms with E-state index in [1.165, 1.54) is 13.0 Å². The Morgan fingerprint density at radius 1 is 1.13 bits per heavy atom. The predicted molar refractivity (Wildman–Crippen MR) is 193 cm³/mol. The van der Waals surface area contributed by atoms with Gasteiger partial charge in [-0.3, -0.25) is 24.0 Å². The van der Waals surface area contributed by atoms with Crippen molar-refractivity contribution in [1.29, 1.82) is 0 Å². The Morgan fingerprint density at radius 3 is 2.54 bits per heavy atom. The summed E-state index contributed by atoms with van der Waals surface area (Å²) in [5, 5.41) is 13.3. The molecule has 3 N–H and O–H groups in total. The van der Waals surface area contributed by atoms with Crippen molar-refractivity contribution in [2.75, 3.05) is 6.54 Å². The average Bonchev–Trinajstić information content (AvgIpc) is 3.97. The first-order chi connectivity index (χ1) is 25.3. The Balaban J connectivity index is 1.30. The highest BCUT2D eigenvalue weighted by Gasteiger charge is 2.65. The third kappa shape index (κ3) is 6.47. The van der Waals surface area contributed by atoms with E-state index in [1.807, 2.05) is 6.08 Å². The summed E-state index contributed by atoms with van der Waals surface area (Å²) in [4.78, 5) is 62.5. The molecule has 0 radical (unpaired) electrons. The van der Waals surface area contributed by atoms with E-state index < -0.39 is 99.1 Å². The van der Waals surface area contributed by atoms with Gasteiger partial charge in [-0.15, -0.1) is 0 Å². The number of fused-ring (bicyclic) bond motifs is 5. The number of carbonyl (C=O) groups is 4. The smallest absolute Gasteiger partial charge is 0.408 e. The van der Waals surface area contributed by atoms with Gasteiger partial charge in [0.1, 0.15) is 23.2 Å². The van der Waals surface area contributed by atoms with Crippen molar-refractivity contribution < 1.29 is 46.2 Å². The number of benzene rings is 1. The topological polar surface area (TPSA) is 175 Å². The molecule has 5 aliphatic rings. The molecule has 3 aliphatic heterocycles. The summed E-state index contributed by atoms with van der Waals surface area (Å²) in [6, 6.07) is 3.14. The second kappa shape index (κ2) is 13.2. The van der Waals surface area contributed by atoms with Crippen LogP contribution in [0.1, 0.15) is 96.2 Å². The van der Waals surface area contributed by atoms with Gasteiger partial charge in [-0.1, -0.05) is 43.2 Å². The summed E-state index contributed by atoms with van der Waals surface area (Å²) in [5.41, 5.74) is -3.25. The molecule has 292 valence electrons. The van der Waals surface area contributed by atoms with Crippen molar-refractivity contribution in [1.82, 2.24) is 24.8 Å². The summed E-state index contributed by atoms with van der Waals surface area (Å²) >= 11 is 0. The first-order valence-corrected chi connectivity index (χ1v) is 20.2. The van der Waals surface area contributed by atoms with Crippen LogP contribution in [0.15, 0.2) is 36.4 Å². The van der Waals surface area contributed by atoms with E-state index in [1.54, 1.807) is 45.0 Å². The van der Waals surface area contributed by atoms with Gasteiger partial charge in [-0.25, -0.2) is 27.0 Å². The number of nitrogens with one attached hydrogen (secondary N) is 2. The number of aromatic nitrogens is 1. The lowest BCUT2D eigenvalue weighted by molar-refractivity contribution is -0.144. The Labute approximate surface area is 312 Å². The molecule has 1 aromatic heterocycles. The van der Waals surface area contributed by atoms with Gasteiger partial charge >= 0.3 is 6.09 Å². The Hall–Kier alpha value is -4.34. The zero-order valence-corrected chi connectivity index (χ0v) is 31.7. The number of alkyl halides is 2. The number of halogens is 2. The maximum absolute atomic E-state index is 16.6. The molecule has 1 saturated heterocycles. The van der Waals surface area contributed by atoms with E-state index in [9.17, 15) is 32.7 Å². The van der Waals surface area contributed by atoms with E-state index in [4.69, 9.17) is 4.74 Å². The highest BCUT2D eigenvalue weighted by atomic mass is 32.2. The third-order valence-electron chi connectivity index (χ3n) is 11.9. The Bertz CT molecular complexity index is 2060. The fraction of sp³-hybridized carbons (Fsp3) is 0.605. The van der Waals surface area contributed by atoms with Crippen LogP contribution >= 0.6 is 0 Å². The highest BCUT2D eigenvalue weighted by molar-refractivity contribution is 7.91. The molecule has 4 amide bonds. The molecule has 4 heterocycles. The number of allylic oxidation sites excluding steroid dienone is 1. The van der Waals surface area contributed by atoms with Crippen LogP contribution in [0.3, 0.4) is 0 Å². The van der Waals surface area contributed by atoms with Gasteiger partial charge in [-0.2, -0.15) is 0 Å². The van der Waals surface area contributed by atoms with Crippen LogP contribution in [-0.2, 0) is 30.3 Å². The number of nitrogens with zero attached hydrogens (tertiary/aromatic N) is 3. The van der Waals surface area contributed by atoms with Gasteiger partial charge in [0.25, 0.3) is 11.8 Å². The molecule has 0 unspecified atom stereocenters. The monoisotopic (exact) mass is 771 g/mol. The summed E-state index contributed by atoms with van der Waals surface area (Å²) in [5.74, 6) is -6.69. The van der Waals surface area contributed by atoms with Gasteiger partial charge in [0, 0.05) is 23.8 Å². The van der Waals surface area contributed by atoms with Gasteiger partial charge in [-0.05, 0) is 72.3 Å². The standard InChI is InChI=1S/C38H47F2N5O8S/c1-22(2)45(34(49)50)27-15-9-7-5-6-8-12-24-18-37(24,33(48)43-54(51,52)35(4)16-17-35)42-31(46)28-19-36(21-44(28)32(27)47)20-38(39,40)29-25-13-10-11-14-26(25)41-23(3)30(29)53-36/h8,10-14,22,24,27-28H,5-7,9,15-21H2,1-4H3,(H,42,46)(H,43,48)(H,49,50)/b12-8-/t24-,27+,28+,36+,37-/m1/s1. The molecule has 0 bridgehead atoms. The van der Waals surface area contributed by atoms with Crippen LogP contribution in [0.5, 0.6) is 5.75 Å². The molecule has 1 spiro atoms. The maximum Gasteiger partial charge on any atom is 0.408 e. The number of carboxylic acid groups (broad SMARTS) is 1. The van der Waals surface area contributed by atoms with Gasteiger partial charge in [0.05, 0.1) is 34.5 Å². The second-order valence-electron chi connectivity index (χ2n) is 16.3. The first-order valence-electron chi connectivity index (χ1n) is 18.7. The van der Waals surface area contributed by atoms with Crippen LogP contribution in [0, 0.1) is 12.8 Å². The van der Waals surface area contributed by atoms with Crippen molar-refractivity contribution in [2.45, 2.75) is 132 Å². The average molecular weight is 772 g/mol. The molecular formula is C38H47F2N5O8S. The van der Waals surface area contributed by atoms with Crippen LogP contribution in [0.25, 0.3) is 10.9 Å². The van der Waals surface area contributed by atoms with Crippen molar-refractivity contribution >= 4 is 44.7 Å². The SMILES string of the molecule is Cc1nc2ccccc2c2c1O[C@@]1(C[C@H]3C(=O)N[C@]4(C(=O)NS(=O)(=O)C5(C)CC5)C[C@H]4/C=C\CCCCC[C@H](N(C(=O)O)C(C)C)C(=O)N3C1)CC2(F)F. The lowest BCUT2D eigenvalue weighted by Crippen LogP contribution is -2.59. The zero-order valence-electron chi connectivity index (χ0n) is 30.9. The summed E-state index contributed by atoms with van der Waals surface area (Å²) < 4.78 is 67.1. The lowest BCUT2D eigenvalue weighted by atomic mass is 9.84. The molecule has 2 aliphatic carbocycles. The molecule has 54 heavy (non-hydrogen) atoms. The third-order valence-corrected chi connectivity index (χ3v) is 14.1. The Kier molecular flexibility index (Phi) is 9.25. The molecule has 1 aromatic carbocycles. The molecule has 2 saturated carbocycles. The number of hydrogen-bond acceptors (Lipinski definition) is 8. The number of pyridine rings is 1. The number of rotatable bonds is 5. The van der Waals surface area contributed by atoms with Gasteiger partial charge in [0.2, 0.25) is 21.8 Å². The fourth-order valence-electron chi connectivity index (χ4n) is 8.56. The number of aryl methyl sites for hydroxylation is 1. The highest BCUT2D eigenvalue weighted by Crippen LogP contribution is 2.54. The molecule has 7 rings (SSSR count). The molecular weight excluding hydrogens is 725 g/mol. The zero-order chi connectivity index (χ0) is 39.0. The first kappa shape index (κ1) is 38.0. The summed E-state index contributed by atoms with van der Waals surface area (Å²) in [6.45, 7) is 5.88. The molecule has 16 heteroatoms. The largest absolute Gasteiger partial charge is 0.483 e. The molecule has 3 fully saturated rings. The quantitative estimate of drug-likeness (QED) is 0.357. The van der Waals surface area contributed by atoms with Crippen LogP contribution in [0.2, 0.25) is 0 Å². The molecule has 2 aromatic rings. The van der Waals surface area contributed by atoms with Crippen molar-refractivity contribution in [3.05, 3.63) is 47.7 Å². The van der Waals surface area contributed by atoms with E-state index >= 15 is 8.78 Å². The normalized spacial score (nSPS) is 30.9. The summed E-state index contributed by atoms with van der Waals surface area (Å²) in [6.07, 6.45) is 4.40. The van der Waals surface area contributed by atoms with E-state index in [0.29, 0.717) is 44.0 Å². The van der Waals surface area contributed by atoms with E-state index in [2.05, 4.69) is 15.0 Å². The summed E-state index contributed by atoms with van der Waals surface area (Å²) in [7, 11) is -4.08. The van der Waals surface area contributed by atoms with Crippen LogP contribution < -0.4 is 14.8 Å². The van der Waals surface area contributed by atoms with Crippen molar-refractivity contribution in [3.8, 4) is 5.75 Å². The minimum absolute atomic E-state index is 0.0851. The molecule has 13 nitrogen and oxygen atoms in total. The number of hydrogen-bond donors (Lipinski definition) is 3. The van der Waals surface area contributed by atoms with Crippen molar-refractivity contribution in [3.63, 3.8) is 0 Å². The lowest BCUT2D eigenvalue weighted by Gasteiger charge is -2.40. The fourth-order valence-corrected chi connectivity index (χ4v) is 9.87. The second-order valence-corrected chi connectivity index (χ2v) is 18.5. The number of ether oxygens (including phenoxy) is 1. The number of carbonyl (C=O) groups excluding carboxylic acids is 3. The van der Waals surface area contributed by atoms with Gasteiger partial charge in [0.15, 0.2) is 5.75 Å². The predicted octanol–water partition coefficient (Wildman–Crippen LogP) is 4.91.